The normalized spacial score (nSPS) is 10.7. The average Bonchev–Trinajstić information content (AvgIpc) is 2.83. The second kappa shape index (κ2) is 6.48. The molecule has 0 fully saturated rings. The third-order valence-electron chi connectivity index (χ3n) is 3.55. The standard InChI is InChI=1S/C17H17FN4O/c1-12-20-15-7-2-3-8-16(15)22(12)10-9-19-17(23)21-14-6-4-5-13(18)11-14/h2-8,11H,9-10H2,1H3,(H2,19,21,23). The number of para-hydroxylation sites is 2. The van der Waals surface area contributed by atoms with Gasteiger partial charge in [0.25, 0.3) is 0 Å². The van der Waals surface area contributed by atoms with Gasteiger partial charge in [-0.25, -0.2) is 14.2 Å². The van der Waals surface area contributed by atoms with Crippen molar-refractivity contribution in [3.8, 4) is 0 Å². The first kappa shape index (κ1) is 15.0. The Hall–Kier alpha value is -2.89. The molecule has 1 heterocycles. The lowest BCUT2D eigenvalue weighted by atomic mass is 10.3. The maximum Gasteiger partial charge on any atom is 0.319 e. The molecular weight excluding hydrogens is 295 g/mol. The zero-order valence-electron chi connectivity index (χ0n) is 12.7. The van der Waals surface area contributed by atoms with Crippen LogP contribution in [0.3, 0.4) is 0 Å². The summed E-state index contributed by atoms with van der Waals surface area (Å²) in [6.07, 6.45) is 0. The molecule has 0 unspecified atom stereocenters. The lowest BCUT2D eigenvalue weighted by molar-refractivity contribution is 0.251. The van der Waals surface area contributed by atoms with Gasteiger partial charge in [-0.15, -0.1) is 0 Å². The zero-order chi connectivity index (χ0) is 16.2. The molecule has 118 valence electrons. The Kier molecular flexibility index (Phi) is 4.23. The van der Waals surface area contributed by atoms with Crippen molar-refractivity contribution in [3.05, 3.63) is 60.2 Å². The number of amides is 2. The number of imidazole rings is 1. The molecule has 5 nitrogen and oxygen atoms in total. The Bertz CT molecular complexity index is 843. The summed E-state index contributed by atoms with van der Waals surface area (Å²) in [5.41, 5.74) is 2.40. The summed E-state index contributed by atoms with van der Waals surface area (Å²) in [4.78, 5) is 16.3. The number of rotatable bonds is 4. The van der Waals surface area contributed by atoms with E-state index in [1.165, 1.54) is 12.1 Å². The van der Waals surface area contributed by atoms with Gasteiger partial charge in [-0.3, -0.25) is 0 Å². The van der Waals surface area contributed by atoms with E-state index in [2.05, 4.69) is 20.2 Å². The number of aryl methyl sites for hydroxylation is 1. The molecule has 0 atom stereocenters. The summed E-state index contributed by atoms with van der Waals surface area (Å²) in [6, 6.07) is 13.3. The highest BCUT2D eigenvalue weighted by atomic mass is 19.1. The summed E-state index contributed by atoms with van der Waals surface area (Å²) in [5.74, 6) is 0.516. The van der Waals surface area contributed by atoms with Crippen molar-refractivity contribution in [3.63, 3.8) is 0 Å². The number of halogens is 1. The van der Waals surface area contributed by atoms with Gasteiger partial charge in [0, 0.05) is 18.8 Å². The van der Waals surface area contributed by atoms with Gasteiger partial charge in [-0.1, -0.05) is 18.2 Å². The minimum Gasteiger partial charge on any atom is -0.336 e. The molecule has 0 radical (unpaired) electrons. The molecular formula is C17H17FN4O. The Morgan fingerprint density at radius 3 is 2.87 bits per heavy atom. The van der Waals surface area contributed by atoms with E-state index in [4.69, 9.17) is 0 Å². The van der Waals surface area contributed by atoms with Crippen molar-refractivity contribution < 1.29 is 9.18 Å². The molecule has 6 heteroatoms. The minimum absolute atomic E-state index is 0.363. The molecule has 0 spiro atoms. The molecule has 2 aromatic carbocycles. The van der Waals surface area contributed by atoms with Crippen LogP contribution in [0.1, 0.15) is 5.82 Å². The summed E-state index contributed by atoms with van der Waals surface area (Å²) >= 11 is 0. The maximum absolute atomic E-state index is 13.1. The van der Waals surface area contributed by atoms with Crippen molar-refractivity contribution in [2.45, 2.75) is 13.5 Å². The van der Waals surface area contributed by atoms with Gasteiger partial charge in [0.15, 0.2) is 0 Å². The van der Waals surface area contributed by atoms with E-state index >= 15 is 0 Å². The van der Waals surface area contributed by atoms with Gasteiger partial charge in [0.05, 0.1) is 11.0 Å². The first-order chi connectivity index (χ1) is 11.1. The topological polar surface area (TPSA) is 59.0 Å². The molecule has 2 N–H and O–H groups in total. The van der Waals surface area contributed by atoms with Crippen LogP contribution in [0.25, 0.3) is 11.0 Å². The maximum atomic E-state index is 13.1. The van der Waals surface area contributed by atoms with E-state index in [1.807, 2.05) is 31.2 Å². The first-order valence-corrected chi connectivity index (χ1v) is 7.36. The van der Waals surface area contributed by atoms with E-state index in [-0.39, 0.29) is 11.8 Å². The molecule has 0 saturated heterocycles. The van der Waals surface area contributed by atoms with E-state index in [9.17, 15) is 9.18 Å². The molecule has 0 bridgehead atoms. The molecule has 2 amide bonds. The number of hydrogen-bond acceptors (Lipinski definition) is 2. The van der Waals surface area contributed by atoms with Gasteiger partial charge in [-0.05, 0) is 37.3 Å². The fourth-order valence-electron chi connectivity index (χ4n) is 2.50. The third-order valence-corrected chi connectivity index (χ3v) is 3.55. The number of carbonyl (C=O) groups excluding carboxylic acids is 1. The van der Waals surface area contributed by atoms with Crippen LogP contribution in [0, 0.1) is 12.7 Å². The van der Waals surface area contributed by atoms with Crippen LogP contribution in [0.2, 0.25) is 0 Å². The average molecular weight is 312 g/mol. The van der Waals surface area contributed by atoms with Gasteiger partial charge in [0.2, 0.25) is 0 Å². The fourth-order valence-corrected chi connectivity index (χ4v) is 2.50. The van der Waals surface area contributed by atoms with Crippen molar-refractivity contribution in [1.82, 2.24) is 14.9 Å². The van der Waals surface area contributed by atoms with E-state index < -0.39 is 0 Å². The summed E-state index contributed by atoms with van der Waals surface area (Å²) in [6.45, 7) is 3.00. The Balaban J connectivity index is 1.58. The molecule has 0 aliphatic rings. The van der Waals surface area contributed by atoms with Crippen molar-refractivity contribution in [2.24, 2.45) is 0 Å². The number of benzene rings is 2. The van der Waals surface area contributed by atoms with E-state index in [1.54, 1.807) is 12.1 Å². The number of fused-ring (bicyclic) bond motifs is 1. The highest BCUT2D eigenvalue weighted by molar-refractivity contribution is 5.89. The van der Waals surface area contributed by atoms with Crippen molar-refractivity contribution >= 4 is 22.8 Å². The minimum atomic E-state index is -0.386. The van der Waals surface area contributed by atoms with Crippen molar-refractivity contribution in [1.29, 1.82) is 0 Å². The van der Waals surface area contributed by atoms with Gasteiger partial charge < -0.3 is 15.2 Å². The first-order valence-electron chi connectivity index (χ1n) is 7.36. The Morgan fingerprint density at radius 1 is 1.22 bits per heavy atom. The number of anilines is 1. The third kappa shape index (κ3) is 3.48. The highest BCUT2D eigenvalue weighted by Gasteiger charge is 2.07. The number of urea groups is 1. The monoisotopic (exact) mass is 312 g/mol. The largest absolute Gasteiger partial charge is 0.336 e. The lowest BCUT2D eigenvalue weighted by Crippen LogP contribution is -2.31. The zero-order valence-corrected chi connectivity index (χ0v) is 12.7. The molecule has 0 aliphatic carbocycles. The van der Waals surface area contributed by atoms with Gasteiger partial charge in [-0.2, -0.15) is 0 Å². The van der Waals surface area contributed by atoms with Crippen LogP contribution in [0.4, 0.5) is 14.9 Å². The molecule has 0 saturated carbocycles. The molecule has 3 aromatic rings. The fraction of sp³-hybridized carbons (Fsp3) is 0.176. The summed E-state index contributed by atoms with van der Waals surface area (Å²) in [5, 5.41) is 5.36. The number of nitrogens with one attached hydrogen (secondary N) is 2. The molecule has 3 rings (SSSR count). The number of hydrogen-bond donors (Lipinski definition) is 2. The van der Waals surface area contributed by atoms with Crippen LogP contribution in [0.5, 0.6) is 0 Å². The molecule has 23 heavy (non-hydrogen) atoms. The number of nitrogens with zero attached hydrogens (tertiary/aromatic N) is 2. The number of carbonyl (C=O) groups is 1. The highest BCUT2D eigenvalue weighted by Crippen LogP contribution is 2.14. The van der Waals surface area contributed by atoms with Crippen LogP contribution >= 0.6 is 0 Å². The lowest BCUT2D eigenvalue weighted by Gasteiger charge is -2.10. The van der Waals surface area contributed by atoms with E-state index in [0.29, 0.717) is 18.8 Å². The van der Waals surface area contributed by atoms with Gasteiger partial charge >= 0.3 is 6.03 Å². The smallest absolute Gasteiger partial charge is 0.319 e. The summed E-state index contributed by atoms with van der Waals surface area (Å²) in [7, 11) is 0. The Morgan fingerprint density at radius 2 is 2.04 bits per heavy atom. The quantitative estimate of drug-likeness (QED) is 0.776. The number of aromatic nitrogens is 2. The van der Waals surface area contributed by atoms with Crippen LogP contribution in [0.15, 0.2) is 48.5 Å². The van der Waals surface area contributed by atoms with E-state index in [0.717, 1.165) is 16.9 Å². The molecule has 0 aliphatic heterocycles. The Labute approximate surface area is 133 Å². The van der Waals surface area contributed by atoms with Crippen LogP contribution in [-0.2, 0) is 6.54 Å². The predicted octanol–water partition coefficient (Wildman–Crippen LogP) is 3.31. The second-order valence-corrected chi connectivity index (χ2v) is 5.19. The van der Waals surface area contributed by atoms with Crippen molar-refractivity contribution in [2.75, 3.05) is 11.9 Å². The predicted molar refractivity (Wildman–Crippen MR) is 87.9 cm³/mol. The second-order valence-electron chi connectivity index (χ2n) is 5.19. The van der Waals surface area contributed by atoms with Gasteiger partial charge in [0.1, 0.15) is 11.6 Å². The van der Waals surface area contributed by atoms with Crippen LogP contribution < -0.4 is 10.6 Å². The summed E-state index contributed by atoms with van der Waals surface area (Å²) < 4.78 is 15.1. The van der Waals surface area contributed by atoms with Crippen LogP contribution in [-0.4, -0.2) is 22.1 Å². The SMILES string of the molecule is Cc1nc2ccccc2n1CCNC(=O)Nc1cccc(F)c1. The molecule has 1 aromatic heterocycles.